The number of anilines is 1. The van der Waals surface area contributed by atoms with Crippen LogP contribution in [0.3, 0.4) is 0 Å². The number of hydrogen-bond donors (Lipinski definition) is 1. The lowest BCUT2D eigenvalue weighted by Crippen LogP contribution is -2.02. The summed E-state index contributed by atoms with van der Waals surface area (Å²) in [5.41, 5.74) is 3.88. The van der Waals surface area contributed by atoms with E-state index in [4.69, 9.17) is 0 Å². The van der Waals surface area contributed by atoms with Crippen molar-refractivity contribution in [1.29, 1.82) is 0 Å². The highest BCUT2D eigenvalue weighted by molar-refractivity contribution is 6.11. The van der Waals surface area contributed by atoms with Gasteiger partial charge in [-0.3, -0.25) is 0 Å². The third kappa shape index (κ3) is 2.52. The lowest BCUT2D eigenvalue weighted by atomic mass is 10.1. The Morgan fingerprint density at radius 2 is 1.71 bits per heavy atom. The number of nitrogens with zero attached hydrogens (tertiary/aromatic N) is 2. The van der Waals surface area contributed by atoms with Gasteiger partial charge in [0.15, 0.2) is 0 Å². The van der Waals surface area contributed by atoms with Crippen molar-refractivity contribution < 1.29 is 0 Å². The number of hydrogen-bond acceptors (Lipinski definition) is 2. The number of aromatic nitrogens is 2. The quantitative estimate of drug-likeness (QED) is 0.570. The first-order chi connectivity index (χ1) is 11.9. The van der Waals surface area contributed by atoms with E-state index in [1.165, 1.54) is 27.4 Å². The van der Waals surface area contributed by atoms with E-state index in [1.807, 2.05) is 13.2 Å². The van der Waals surface area contributed by atoms with Crippen LogP contribution in [0.15, 0.2) is 66.9 Å². The molecule has 4 aromatic rings. The zero-order valence-corrected chi connectivity index (χ0v) is 13.9. The summed E-state index contributed by atoms with van der Waals surface area (Å²) in [6.07, 6.45) is 4.08. The van der Waals surface area contributed by atoms with E-state index in [-0.39, 0.29) is 0 Å². The number of rotatable bonds is 5. The molecular weight excluding hydrogens is 294 g/mol. The van der Waals surface area contributed by atoms with Gasteiger partial charge in [-0.15, -0.1) is 0 Å². The molecule has 0 aliphatic heterocycles. The van der Waals surface area contributed by atoms with Crippen molar-refractivity contribution in [2.45, 2.75) is 19.4 Å². The van der Waals surface area contributed by atoms with Crippen LogP contribution in [0.5, 0.6) is 0 Å². The van der Waals surface area contributed by atoms with Crippen LogP contribution >= 0.6 is 0 Å². The Labute approximate surface area is 142 Å². The largest absolute Gasteiger partial charge is 0.371 e. The zero-order valence-electron chi connectivity index (χ0n) is 13.9. The summed E-state index contributed by atoms with van der Waals surface area (Å²) in [5, 5.41) is 5.81. The lowest BCUT2D eigenvalue weighted by Gasteiger charge is -2.10. The second-order valence-corrected chi connectivity index (χ2v) is 6.06. The molecule has 0 amide bonds. The van der Waals surface area contributed by atoms with Gasteiger partial charge >= 0.3 is 0 Å². The van der Waals surface area contributed by atoms with Crippen LogP contribution < -0.4 is 5.32 Å². The number of fused-ring (bicyclic) bond motifs is 3. The van der Waals surface area contributed by atoms with Crippen LogP contribution in [0, 0.1) is 0 Å². The lowest BCUT2D eigenvalue weighted by molar-refractivity contribution is 0.678. The molecule has 2 heterocycles. The van der Waals surface area contributed by atoms with Crippen molar-refractivity contribution in [3.05, 3.63) is 72.4 Å². The SMILES string of the molecule is CNc1nccc2c3ccccc3n(CCCc3ccccc3)c12. The minimum Gasteiger partial charge on any atom is -0.371 e. The van der Waals surface area contributed by atoms with E-state index in [1.54, 1.807) is 0 Å². The summed E-state index contributed by atoms with van der Waals surface area (Å²) in [4.78, 5) is 4.52. The highest BCUT2D eigenvalue weighted by Crippen LogP contribution is 2.32. The average molecular weight is 315 g/mol. The Balaban J connectivity index is 1.75. The van der Waals surface area contributed by atoms with E-state index < -0.39 is 0 Å². The molecule has 0 unspecified atom stereocenters. The maximum atomic E-state index is 4.52. The van der Waals surface area contributed by atoms with Crippen LogP contribution in [-0.2, 0) is 13.0 Å². The Kier molecular flexibility index (Phi) is 3.91. The first-order valence-corrected chi connectivity index (χ1v) is 8.46. The fourth-order valence-corrected chi connectivity index (χ4v) is 3.50. The smallest absolute Gasteiger partial charge is 0.150 e. The standard InChI is InChI=1S/C21H21N3/c1-22-21-20-18(13-14-23-21)17-11-5-6-12-19(17)24(20)15-7-10-16-8-3-2-4-9-16/h2-6,8-9,11-14H,7,10,15H2,1H3,(H,22,23). The Morgan fingerprint density at radius 3 is 2.54 bits per heavy atom. The number of benzene rings is 2. The van der Waals surface area contributed by atoms with E-state index in [0.717, 1.165) is 25.2 Å². The second kappa shape index (κ2) is 6.36. The van der Waals surface area contributed by atoms with Gasteiger partial charge in [-0.1, -0.05) is 48.5 Å². The molecule has 0 bridgehead atoms. The molecule has 120 valence electrons. The molecule has 2 aromatic heterocycles. The van der Waals surface area contributed by atoms with Gasteiger partial charge in [-0.05, 0) is 30.5 Å². The number of nitrogens with one attached hydrogen (secondary N) is 1. The van der Waals surface area contributed by atoms with Gasteiger partial charge in [-0.2, -0.15) is 0 Å². The van der Waals surface area contributed by atoms with Gasteiger partial charge < -0.3 is 9.88 Å². The molecule has 1 N–H and O–H groups in total. The molecule has 0 spiro atoms. The fourth-order valence-electron chi connectivity index (χ4n) is 3.50. The van der Waals surface area contributed by atoms with Gasteiger partial charge in [0, 0.05) is 36.1 Å². The third-order valence-corrected chi connectivity index (χ3v) is 4.61. The summed E-state index contributed by atoms with van der Waals surface area (Å²) in [6.45, 7) is 0.985. The predicted molar refractivity (Wildman–Crippen MR) is 102 cm³/mol. The van der Waals surface area contributed by atoms with Crippen molar-refractivity contribution in [3.8, 4) is 0 Å². The van der Waals surface area contributed by atoms with Gasteiger partial charge in [0.1, 0.15) is 5.82 Å². The van der Waals surface area contributed by atoms with Gasteiger partial charge in [0.25, 0.3) is 0 Å². The molecule has 3 heteroatoms. The summed E-state index contributed by atoms with van der Waals surface area (Å²) >= 11 is 0. The highest BCUT2D eigenvalue weighted by atomic mass is 15.0. The third-order valence-electron chi connectivity index (χ3n) is 4.61. The predicted octanol–water partition coefficient (Wildman–Crippen LogP) is 4.86. The van der Waals surface area contributed by atoms with Crippen molar-refractivity contribution >= 4 is 27.6 Å². The zero-order chi connectivity index (χ0) is 16.4. The molecule has 0 aliphatic carbocycles. The topological polar surface area (TPSA) is 29.9 Å². The number of para-hydroxylation sites is 1. The van der Waals surface area contributed by atoms with E-state index in [2.05, 4.69) is 75.5 Å². The van der Waals surface area contributed by atoms with Crippen LogP contribution in [0.1, 0.15) is 12.0 Å². The maximum Gasteiger partial charge on any atom is 0.150 e. The van der Waals surface area contributed by atoms with Gasteiger partial charge in [-0.25, -0.2) is 4.98 Å². The molecule has 0 atom stereocenters. The van der Waals surface area contributed by atoms with Crippen LogP contribution in [0.25, 0.3) is 21.8 Å². The molecule has 3 nitrogen and oxygen atoms in total. The van der Waals surface area contributed by atoms with Crippen molar-refractivity contribution in [2.24, 2.45) is 0 Å². The molecular formula is C21H21N3. The van der Waals surface area contributed by atoms with Gasteiger partial charge in [0.05, 0.1) is 5.52 Å². The molecule has 0 saturated heterocycles. The van der Waals surface area contributed by atoms with Crippen LogP contribution in [0.4, 0.5) is 5.82 Å². The first kappa shape index (κ1) is 14.8. The molecule has 0 radical (unpaired) electrons. The molecule has 0 fully saturated rings. The van der Waals surface area contributed by atoms with E-state index in [0.29, 0.717) is 0 Å². The summed E-state index contributed by atoms with van der Waals surface area (Å²) in [5.74, 6) is 0.948. The van der Waals surface area contributed by atoms with Crippen LogP contribution in [-0.4, -0.2) is 16.6 Å². The Hall–Kier alpha value is -2.81. The molecule has 24 heavy (non-hydrogen) atoms. The molecule has 4 rings (SSSR count). The highest BCUT2D eigenvalue weighted by Gasteiger charge is 2.13. The minimum absolute atomic E-state index is 0.948. The van der Waals surface area contributed by atoms with Crippen molar-refractivity contribution in [2.75, 3.05) is 12.4 Å². The van der Waals surface area contributed by atoms with Gasteiger partial charge in [0.2, 0.25) is 0 Å². The average Bonchev–Trinajstić information content (AvgIpc) is 2.97. The summed E-state index contributed by atoms with van der Waals surface area (Å²) in [7, 11) is 1.94. The van der Waals surface area contributed by atoms with Crippen molar-refractivity contribution in [3.63, 3.8) is 0 Å². The summed E-state index contributed by atoms with van der Waals surface area (Å²) < 4.78 is 2.41. The monoisotopic (exact) mass is 315 g/mol. The maximum absolute atomic E-state index is 4.52. The fraction of sp³-hybridized carbons (Fsp3) is 0.190. The van der Waals surface area contributed by atoms with Crippen molar-refractivity contribution in [1.82, 2.24) is 9.55 Å². The Bertz CT molecular complexity index is 970. The molecule has 2 aromatic carbocycles. The normalized spacial score (nSPS) is 11.2. The Morgan fingerprint density at radius 1 is 0.917 bits per heavy atom. The van der Waals surface area contributed by atoms with E-state index in [9.17, 15) is 0 Å². The minimum atomic E-state index is 0.948. The van der Waals surface area contributed by atoms with Crippen LogP contribution in [0.2, 0.25) is 0 Å². The first-order valence-electron chi connectivity index (χ1n) is 8.46. The van der Waals surface area contributed by atoms with E-state index >= 15 is 0 Å². The molecule has 0 saturated carbocycles. The summed E-state index contributed by atoms with van der Waals surface area (Å²) in [6, 6.07) is 21.4. The number of aryl methyl sites for hydroxylation is 2. The second-order valence-electron chi connectivity index (χ2n) is 6.06. The molecule has 0 aliphatic rings. The number of pyridine rings is 1.